The molecule has 4 N–H and O–H groups in total. The molecule has 0 spiro atoms. The molecular weight excluding hydrogens is 390 g/mol. The highest BCUT2D eigenvalue weighted by atomic mass is 16.3. The van der Waals surface area contributed by atoms with Gasteiger partial charge in [0, 0.05) is 22.7 Å². The normalized spacial score (nSPS) is 12.9. The molecule has 3 aromatic rings. The largest absolute Gasteiger partial charge is 0.508 e. The first-order valence-electron chi connectivity index (χ1n) is 10.7. The number of benzene rings is 1. The number of nitrogens with one attached hydrogen (secondary N) is 3. The second-order valence-electron chi connectivity index (χ2n) is 11.2. The highest BCUT2D eigenvalue weighted by Gasteiger charge is 2.32. The molecule has 0 saturated heterocycles. The Morgan fingerprint density at radius 1 is 1.13 bits per heavy atom. The van der Waals surface area contributed by atoms with Gasteiger partial charge in [-0.1, -0.05) is 47.6 Å². The first-order chi connectivity index (χ1) is 14.2. The van der Waals surface area contributed by atoms with E-state index >= 15 is 0 Å². The second-order valence-corrected chi connectivity index (χ2v) is 11.2. The number of carbonyl (C=O) groups excluding carboxylic acids is 1. The predicted octanol–water partition coefficient (Wildman–Crippen LogP) is 5.54. The molecule has 0 aliphatic rings. The van der Waals surface area contributed by atoms with Crippen LogP contribution in [-0.4, -0.2) is 31.2 Å². The summed E-state index contributed by atoms with van der Waals surface area (Å²) in [4.78, 5) is 16.4. The standard InChI is InChI=1S/C24H35N5O2/c1-22(2,3)14-24(7,8)28-20-18(23(4,5)6)27-19-17(13-25-29(19)20)21(31)26-15-10-9-11-16(30)12-15/h9-13,27-28,30H,14H2,1-8H3,(H,26,31). The Balaban J connectivity index is 2.01. The zero-order valence-electron chi connectivity index (χ0n) is 19.8. The van der Waals surface area contributed by atoms with E-state index in [4.69, 9.17) is 0 Å². The van der Waals surface area contributed by atoms with Crippen LogP contribution in [0.15, 0.2) is 30.5 Å². The van der Waals surface area contributed by atoms with E-state index < -0.39 is 0 Å². The number of H-pyrrole nitrogens is 1. The third-order valence-corrected chi connectivity index (χ3v) is 4.99. The number of phenolic OH excluding ortho intramolecular Hbond substituents is 1. The summed E-state index contributed by atoms with van der Waals surface area (Å²) in [5, 5.41) is 20.7. The maximum absolute atomic E-state index is 13.0. The van der Waals surface area contributed by atoms with Crippen LogP contribution in [0.3, 0.4) is 0 Å². The van der Waals surface area contributed by atoms with Crippen molar-refractivity contribution in [1.29, 1.82) is 0 Å². The smallest absolute Gasteiger partial charge is 0.261 e. The molecule has 0 aliphatic carbocycles. The average Bonchev–Trinajstić information content (AvgIpc) is 3.12. The molecule has 0 unspecified atom stereocenters. The van der Waals surface area contributed by atoms with Crippen LogP contribution in [0.4, 0.5) is 11.5 Å². The number of hydrogen-bond acceptors (Lipinski definition) is 4. The Hall–Kier alpha value is -2.96. The Morgan fingerprint density at radius 2 is 1.81 bits per heavy atom. The summed E-state index contributed by atoms with van der Waals surface area (Å²) in [6.45, 7) is 17.4. The molecule has 0 radical (unpaired) electrons. The van der Waals surface area contributed by atoms with Gasteiger partial charge in [-0.2, -0.15) is 9.61 Å². The van der Waals surface area contributed by atoms with E-state index in [1.807, 2.05) is 0 Å². The van der Waals surface area contributed by atoms with Gasteiger partial charge >= 0.3 is 0 Å². The summed E-state index contributed by atoms with van der Waals surface area (Å²) in [6, 6.07) is 6.49. The van der Waals surface area contributed by atoms with Crippen molar-refractivity contribution in [3.05, 3.63) is 41.7 Å². The average molecular weight is 426 g/mol. The summed E-state index contributed by atoms with van der Waals surface area (Å²) in [7, 11) is 0. The fourth-order valence-corrected chi connectivity index (χ4v) is 4.22. The van der Waals surface area contributed by atoms with E-state index in [1.54, 1.807) is 28.9 Å². The third kappa shape index (κ3) is 5.21. The predicted molar refractivity (Wildman–Crippen MR) is 126 cm³/mol. The SMILES string of the molecule is CC(C)(C)CC(C)(C)Nc1c(C(C)(C)C)[nH]c2c(C(=O)Nc3cccc(O)c3)cnn12. The molecular formula is C24H35N5O2. The van der Waals surface area contributed by atoms with E-state index in [0.717, 1.165) is 17.9 Å². The number of imidazole rings is 1. The lowest BCUT2D eigenvalue weighted by Crippen LogP contribution is -2.36. The lowest BCUT2D eigenvalue weighted by Gasteiger charge is -2.34. The molecule has 1 amide bonds. The molecule has 1 aromatic carbocycles. The molecule has 7 heteroatoms. The van der Waals surface area contributed by atoms with E-state index in [1.165, 1.54) is 6.07 Å². The maximum Gasteiger partial charge on any atom is 0.261 e. The molecule has 0 aliphatic heterocycles. The molecule has 31 heavy (non-hydrogen) atoms. The Morgan fingerprint density at radius 3 is 2.39 bits per heavy atom. The molecule has 3 rings (SSSR count). The van der Waals surface area contributed by atoms with Crippen molar-refractivity contribution in [3.63, 3.8) is 0 Å². The lowest BCUT2D eigenvalue weighted by molar-refractivity contribution is 0.102. The lowest BCUT2D eigenvalue weighted by atomic mass is 9.81. The highest BCUT2D eigenvalue weighted by Crippen LogP contribution is 2.35. The zero-order valence-corrected chi connectivity index (χ0v) is 19.8. The van der Waals surface area contributed by atoms with Crippen molar-refractivity contribution >= 4 is 23.1 Å². The van der Waals surface area contributed by atoms with Gasteiger partial charge in [0.25, 0.3) is 5.91 Å². The van der Waals surface area contributed by atoms with Crippen LogP contribution in [0.25, 0.3) is 5.65 Å². The van der Waals surface area contributed by atoms with Gasteiger partial charge in [-0.15, -0.1) is 0 Å². The van der Waals surface area contributed by atoms with E-state index in [9.17, 15) is 9.90 Å². The van der Waals surface area contributed by atoms with Crippen molar-refractivity contribution < 1.29 is 9.90 Å². The number of rotatable bonds is 5. The van der Waals surface area contributed by atoms with Gasteiger partial charge in [0.2, 0.25) is 0 Å². The third-order valence-electron chi connectivity index (χ3n) is 4.99. The molecule has 168 valence electrons. The Kier molecular flexibility index (Phi) is 5.59. The fourth-order valence-electron chi connectivity index (χ4n) is 4.22. The minimum atomic E-state index is -0.289. The van der Waals surface area contributed by atoms with Gasteiger partial charge in [-0.25, -0.2) is 0 Å². The van der Waals surface area contributed by atoms with Crippen LogP contribution in [0.5, 0.6) is 5.75 Å². The summed E-state index contributed by atoms with van der Waals surface area (Å²) in [5.74, 6) is 0.677. The summed E-state index contributed by atoms with van der Waals surface area (Å²) in [5.41, 5.74) is 2.39. The topological polar surface area (TPSA) is 94.5 Å². The Labute approximate surface area is 184 Å². The number of hydrogen-bond donors (Lipinski definition) is 4. The van der Waals surface area contributed by atoms with Crippen molar-refractivity contribution in [3.8, 4) is 5.75 Å². The molecule has 7 nitrogen and oxygen atoms in total. The van der Waals surface area contributed by atoms with E-state index in [0.29, 0.717) is 16.9 Å². The van der Waals surface area contributed by atoms with E-state index in [2.05, 4.69) is 76.1 Å². The summed E-state index contributed by atoms with van der Waals surface area (Å²) >= 11 is 0. The fraction of sp³-hybridized carbons (Fsp3) is 0.500. The number of carbonyl (C=O) groups is 1. The van der Waals surface area contributed by atoms with Crippen LogP contribution in [0.1, 0.15) is 77.9 Å². The van der Waals surface area contributed by atoms with Crippen LogP contribution in [0.2, 0.25) is 0 Å². The minimum absolute atomic E-state index is 0.0976. The quantitative estimate of drug-likeness (QED) is 0.431. The molecule has 0 saturated carbocycles. The van der Waals surface area contributed by atoms with Crippen molar-refractivity contribution in [2.75, 3.05) is 10.6 Å². The first kappa shape index (κ1) is 22.7. The minimum Gasteiger partial charge on any atom is -0.508 e. The summed E-state index contributed by atoms with van der Waals surface area (Å²) < 4.78 is 1.78. The van der Waals surface area contributed by atoms with Gasteiger partial charge in [0.1, 0.15) is 22.8 Å². The molecule has 0 atom stereocenters. The molecule has 2 heterocycles. The van der Waals surface area contributed by atoms with Gasteiger partial charge < -0.3 is 20.7 Å². The van der Waals surface area contributed by atoms with Gasteiger partial charge in [-0.3, -0.25) is 4.79 Å². The number of fused-ring (bicyclic) bond motifs is 1. The molecule has 0 fully saturated rings. The van der Waals surface area contributed by atoms with Gasteiger partial charge in [0.05, 0.1) is 11.9 Å². The van der Waals surface area contributed by atoms with Crippen LogP contribution in [0, 0.1) is 5.41 Å². The number of anilines is 2. The number of nitrogens with zero attached hydrogens (tertiary/aromatic N) is 2. The monoisotopic (exact) mass is 425 g/mol. The number of phenols is 1. The maximum atomic E-state index is 13.0. The van der Waals surface area contributed by atoms with Crippen molar-refractivity contribution in [2.45, 2.75) is 72.8 Å². The highest BCUT2D eigenvalue weighted by molar-refractivity contribution is 6.08. The van der Waals surface area contributed by atoms with Gasteiger partial charge in [0.15, 0.2) is 0 Å². The van der Waals surface area contributed by atoms with Crippen molar-refractivity contribution in [2.24, 2.45) is 5.41 Å². The first-order valence-corrected chi connectivity index (χ1v) is 10.7. The molecule has 0 bridgehead atoms. The van der Waals surface area contributed by atoms with Crippen LogP contribution in [-0.2, 0) is 5.41 Å². The zero-order chi connectivity index (χ0) is 23.2. The van der Waals surface area contributed by atoms with Crippen molar-refractivity contribution in [1.82, 2.24) is 14.6 Å². The summed E-state index contributed by atoms with van der Waals surface area (Å²) in [6.07, 6.45) is 2.53. The number of aromatic hydroxyl groups is 1. The number of amides is 1. The molecule has 2 aromatic heterocycles. The number of aromatic nitrogens is 3. The van der Waals surface area contributed by atoms with Gasteiger partial charge in [-0.05, 0) is 37.8 Å². The number of aromatic amines is 1. The second kappa shape index (κ2) is 7.62. The van der Waals surface area contributed by atoms with Crippen LogP contribution >= 0.6 is 0 Å². The Bertz CT molecular complexity index is 1090. The van der Waals surface area contributed by atoms with E-state index in [-0.39, 0.29) is 28.0 Å². The van der Waals surface area contributed by atoms with Crippen LogP contribution < -0.4 is 10.6 Å².